The van der Waals surface area contributed by atoms with Crippen LogP contribution in [0.2, 0.25) is 0 Å². The van der Waals surface area contributed by atoms with Gasteiger partial charge in [0.1, 0.15) is 12.4 Å². The van der Waals surface area contributed by atoms with Gasteiger partial charge in [0.05, 0.1) is 11.4 Å². The van der Waals surface area contributed by atoms with Crippen molar-refractivity contribution in [2.75, 3.05) is 23.7 Å². The molecule has 2 N–H and O–H groups in total. The number of nitrogens with zero attached hydrogens (tertiary/aromatic N) is 3. The first-order valence-corrected chi connectivity index (χ1v) is 13.4. The van der Waals surface area contributed by atoms with Crippen molar-refractivity contribution < 1.29 is 9.59 Å². The highest BCUT2D eigenvalue weighted by Crippen LogP contribution is 2.33. The topological polar surface area (TPSA) is 79.3 Å². The van der Waals surface area contributed by atoms with Gasteiger partial charge in [0.2, 0.25) is 5.91 Å². The Balaban J connectivity index is 1.62. The molecule has 0 saturated heterocycles. The lowest BCUT2D eigenvalue weighted by atomic mass is 10.1. The van der Waals surface area contributed by atoms with Crippen LogP contribution in [-0.4, -0.2) is 39.7 Å². The molecule has 1 aromatic heterocycles. The number of urea groups is 1. The second-order valence-electron chi connectivity index (χ2n) is 9.99. The largest absolute Gasteiger partial charge is 0.322 e. The molecule has 4 rings (SSSR count). The van der Waals surface area contributed by atoms with Crippen molar-refractivity contribution in [3.63, 3.8) is 0 Å². The Bertz CT molecular complexity index is 1440. The molecule has 4 aromatic rings. The zero-order chi connectivity index (χ0) is 27.9. The Labute approximate surface area is 230 Å². The number of amides is 3. The lowest BCUT2D eigenvalue weighted by Crippen LogP contribution is -2.41. The van der Waals surface area contributed by atoms with Gasteiger partial charge in [-0.2, -0.15) is 5.10 Å². The molecule has 3 amide bonds. The van der Waals surface area contributed by atoms with E-state index in [0.29, 0.717) is 12.4 Å². The molecule has 0 unspecified atom stereocenters. The summed E-state index contributed by atoms with van der Waals surface area (Å²) in [5.74, 6) is 0.296. The number of carbonyl (C=O) groups is 2. The van der Waals surface area contributed by atoms with Gasteiger partial charge in [-0.25, -0.2) is 9.48 Å². The highest BCUT2D eigenvalue weighted by molar-refractivity contribution is 5.99. The highest BCUT2D eigenvalue weighted by Gasteiger charge is 2.23. The molecule has 0 saturated carbocycles. The molecule has 0 fully saturated rings. The van der Waals surface area contributed by atoms with Crippen molar-refractivity contribution in [2.24, 2.45) is 0 Å². The maximum absolute atomic E-state index is 13.5. The van der Waals surface area contributed by atoms with Crippen LogP contribution >= 0.6 is 0 Å². The summed E-state index contributed by atoms with van der Waals surface area (Å²) in [6, 6.07) is 23.5. The highest BCUT2D eigenvalue weighted by atomic mass is 16.2. The third-order valence-electron chi connectivity index (χ3n) is 6.69. The maximum Gasteiger partial charge on any atom is 0.322 e. The molecule has 0 aliphatic rings. The summed E-state index contributed by atoms with van der Waals surface area (Å²) in [5, 5.41) is 10.9. The molecule has 3 aromatic carbocycles. The fraction of sp³-hybridized carbons (Fsp3) is 0.281. The summed E-state index contributed by atoms with van der Waals surface area (Å²) < 4.78 is 1.77. The number of carbonyl (C=O) groups excluding carboxylic acids is 2. The van der Waals surface area contributed by atoms with E-state index in [1.54, 1.807) is 9.58 Å². The zero-order valence-electron chi connectivity index (χ0n) is 23.4. The molecule has 0 aliphatic heterocycles. The van der Waals surface area contributed by atoms with E-state index in [4.69, 9.17) is 5.10 Å². The van der Waals surface area contributed by atoms with Gasteiger partial charge in [0, 0.05) is 17.8 Å². The van der Waals surface area contributed by atoms with E-state index in [-0.39, 0.29) is 18.5 Å². The third kappa shape index (κ3) is 6.74. The first-order chi connectivity index (χ1) is 18.8. The smallest absolute Gasteiger partial charge is 0.315 e. The summed E-state index contributed by atoms with van der Waals surface area (Å²) in [5.41, 5.74) is 7.44. The first kappa shape index (κ1) is 27.6. The SMILES string of the molecule is CCCCN(CC(=O)Nc1c(-c2ccccc2)c(C)nn1-c1ccc(C)cc1)C(=O)Nc1ccc(C)cc1C. The number of unbranched alkanes of at least 4 members (excludes halogenated alkanes) is 1. The first-order valence-electron chi connectivity index (χ1n) is 13.4. The number of nitrogens with one attached hydrogen (secondary N) is 2. The number of aromatic nitrogens is 2. The van der Waals surface area contributed by atoms with E-state index in [2.05, 4.69) is 17.6 Å². The van der Waals surface area contributed by atoms with Crippen molar-refractivity contribution in [3.8, 4) is 16.8 Å². The molecule has 0 aliphatic carbocycles. The summed E-state index contributed by atoms with van der Waals surface area (Å²) in [6.07, 6.45) is 1.70. The van der Waals surface area contributed by atoms with Crippen LogP contribution < -0.4 is 10.6 Å². The van der Waals surface area contributed by atoms with Crippen LogP contribution in [0.3, 0.4) is 0 Å². The lowest BCUT2D eigenvalue weighted by molar-refractivity contribution is -0.116. The van der Waals surface area contributed by atoms with Gasteiger partial charge in [-0.1, -0.05) is 79.1 Å². The number of hydrogen-bond donors (Lipinski definition) is 2. The number of benzene rings is 3. The summed E-state index contributed by atoms with van der Waals surface area (Å²) in [7, 11) is 0. The predicted octanol–water partition coefficient (Wildman–Crippen LogP) is 7.05. The van der Waals surface area contributed by atoms with Gasteiger partial charge in [-0.3, -0.25) is 4.79 Å². The molecule has 7 nitrogen and oxygen atoms in total. The molecule has 0 bridgehead atoms. The molecular formula is C32H37N5O2. The second-order valence-corrected chi connectivity index (χ2v) is 9.99. The summed E-state index contributed by atoms with van der Waals surface area (Å²) >= 11 is 0. The van der Waals surface area contributed by atoms with Gasteiger partial charge in [0.25, 0.3) is 0 Å². The maximum atomic E-state index is 13.5. The number of rotatable bonds is 9. The molecular weight excluding hydrogens is 486 g/mol. The minimum atomic E-state index is -0.294. The molecule has 7 heteroatoms. The van der Waals surface area contributed by atoms with Crippen molar-refractivity contribution in [1.29, 1.82) is 0 Å². The monoisotopic (exact) mass is 523 g/mol. The van der Waals surface area contributed by atoms with Gasteiger partial charge in [-0.05, 0) is 63.4 Å². The molecule has 1 heterocycles. The van der Waals surface area contributed by atoms with E-state index < -0.39 is 0 Å². The minimum Gasteiger partial charge on any atom is -0.315 e. The van der Waals surface area contributed by atoms with Crippen LogP contribution in [0.1, 0.15) is 42.1 Å². The Morgan fingerprint density at radius 2 is 1.56 bits per heavy atom. The van der Waals surface area contributed by atoms with Crippen LogP contribution in [0.5, 0.6) is 0 Å². The van der Waals surface area contributed by atoms with E-state index in [0.717, 1.165) is 57.7 Å². The quantitative estimate of drug-likeness (QED) is 0.247. The van der Waals surface area contributed by atoms with Crippen LogP contribution in [-0.2, 0) is 4.79 Å². The Hall–Kier alpha value is -4.39. The zero-order valence-corrected chi connectivity index (χ0v) is 23.4. The van der Waals surface area contributed by atoms with Crippen LogP contribution in [0.25, 0.3) is 16.8 Å². The summed E-state index contributed by atoms with van der Waals surface area (Å²) in [4.78, 5) is 28.4. The van der Waals surface area contributed by atoms with Gasteiger partial charge in [-0.15, -0.1) is 0 Å². The Kier molecular flexibility index (Phi) is 8.81. The average molecular weight is 524 g/mol. The van der Waals surface area contributed by atoms with E-state index in [9.17, 15) is 9.59 Å². The summed E-state index contributed by atoms with van der Waals surface area (Å²) in [6.45, 7) is 10.4. The standard InChI is InChI=1S/C32H37N5O2/c1-6-7-19-36(32(39)33-28-18-15-23(3)20-24(28)4)21-29(38)34-31-30(26-11-9-8-10-12-26)25(5)35-37(31)27-16-13-22(2)14-17-27/h8-18,20H,6-7,19,21H2,1-5H3,(H,33,39)(H,34,38). The van der Waals surface area contributed by atoms with Gasteiger partial charge >= 0.3 is 6.03 Å². The van der Waals surface area contributed by atoms with E-state index >= 15 is 0 Å². The fourth-order valence-corrected chi connectivity index (χ4v) is 4.56. The number of anilines is 2. The minimum absolute atomic E-state index is 0.0803. The van der Waals surface area contributed by atoms with E-state index in [1.165, 1.54) is 0 Å². The molecule has 0 spiro atoms. The number of aryl methyl sites for hydroxylation is 4. The normalized spacial score (nSPS) is 10.8. The van der Waals surface area contributed by atoms with Crippen LogP contribution in [0.4, 0.5) is 16.3 Å². The Morgan fingerprint density at radius 1 is 0.872 bits per heavy atom. The Morgan fingerprint density at radius 3 is 2.23 bits per heavy atom. The van der Waals surface area contributed by atoms with Crippen molar-refractivity contribution >= 4 is 23.4 Å². The van der Waals surface area contributed by atoms with Crippen molar-refractivity contribution in [1.82, 2.24) is 14.7 Å². The van der Waals surface area contributed by atoms with Crippen LogP contribution in [0.15, 0.2) is 72.8 Å². The van der Waals surface area contributed by atoms with Crippen molar-refractivity contribution in [3.05, 3.63) is 95.2 Å². The van der Waals surface area contributed by atoms with Gasteiger partial charge < -0.3 is 15.5 Å². The molecule has 0 atom stereocenters. The third-order valence-corrected chi connectivity index (χ3v) is 6.69. The molecule has 202 valence electrons. The second kappa shape index (κ2) is 12.4. The lowest BCUT2D eigenvalue weighted by Gasteiger charge is -2.23. The average Bonchev–Trinajstić information content (AvgIpc) is 3.24. The van der Waals surface area contributed by atoms with Crippen LogP contribution in [0, 0.1) is 27.7 Å². The fourth-order valence-electron chi connectivity index (χ4n) is 4.56. The molecule has 0 radical (unpaired) electrons. The van der Waals surface area contributed by atoms with Crippen molar-refractivity contribution in [2.45, 2.75) is 47.5 Å². The van der Waals surface area contributed by atoms with E-state index in [1.807, 2.05) is 100 Å². The predicted molar refractivity (Wildman–Crippen MR) is 159 cm³/mol. The number of hydrogen-bond acceptors (Lipinski definition) is 3. The molecule has 39 heavy (non-hydrogen) atoms. The van der Waals surface area contributed by atoms with Gasteiger partial charge in [0.15, 0.2) is 0 Å².